The molecule has 1 aliphatic rings. The molecule has 0 aromatic heterocycles. The highest BCUT2D eigenvalue weighted by Crippen LogP contribution is 2.27. The molecule has 1 N–H and O–H groups in total. The van der Waals surface area contributed by atoms with Crippen molar-refractivity contribution in [3.63, 3.8) is 0 Å². The normalized spacial score (nSPS) is 14.7. The molecule has 0 aliphatic carbocycles. The van der Waals surface area contributed by atoms with E-state index in [1.807, 2.05) is 41.3 Å². The molecule has 1 heterocycles. The number of phenolic OH excluding ortho intramolecular Hbond substituents is 1. The minimum atomic E-state index is 0.182. The van der Waals surface area contributed by atoms with Crippen molar-refractivity contribution in [2.75, 3.05) is 36.8 Å². The number of benzene rings is 2. The Labute approximate surface area is 154 Å². The molecule has 24 heavy (non-hydrogen) atoms. The first-order valence-electron chi connectivity index (χ1n) is 7.82. The van der Waals surface area contributed by atoms with Crippen LogP contribution in [0.2, 0.25) is 0 Å². The van der Waals surface area contributed by atoms with Gasteiger partial charge in [-0.2, -0.15) is 0 Å². The highest BCUT2D eigenvalue weighted by Gasteiger charge is 2.21. The van der Waals surface area contributed by atoms with Crippen molar-refractivity contribution in [3.05, 3.63) is 53.0 Å². The van der Waals surface area contributed by atoms with E-state index in [4.69, 9.17) is 0 Å². The fourth-order valence-corrected chi connectivity index (χ4v) is 4.14. The van der Waals surface area contributed by atoms with Gasteiger partial charge in [0.05, 0.1) is 5.75 Å². The smallest absolute Gasteiger partial charge is 0.233 e. The number of carbonyl (C=O) groups is 1. The van der Waals surface area contributed by atoms with Crippen LogP contribution in [0.1, 0.15) is 0 Å². The molecule has 1 fully saturated rings. The van der Waals surface area contributed by atoms with Crippen LogP contribution in [0.4, 0.5) is 5.69 Å². The summed E-state index contributed by atoms with van der Waals surface area (Å²) in [5, 5.41) is 9.37. The second-order valence-corrected chi connectivity index (χ2v) is 7.47. The van der Waals surface area contributed by atoms with Gasteiger partial charge in [-0.3, -0.25) is 4.79 Å². The summed E-state index contributed by atoms with van der Waals surface area (Å²) in [4.78, 5) is 17.7. The van der Waals surface area contributed by atoms with Crippen LogP contribution in [-0.2, 0) is 4.79 Å². The van der Waals surface area contributed by atoms with E-state index in [1.54, 1.807) is 23.9 Å². The van der Waals surface area contributed by atoms with E-state index < -0.39 is 0 Å². The molecule has 0 unspecified atom stereocenters. The van der Waals surface area contributed by atoms with Gasteiger partial charge in [0.2, 0.25) is 5.91 Å². The monoisotopic (exact) mass is 406 g/mol. The Balaban J connectivity index is 1.50. The van der Waals surface area contributed by atoms with Crippen molar-refractivity contribution in [2.24, 2.45) is 0 Å². The van der Waals surface area contributed by atoms with E-state index in [2.05, 4.69) is 20.8 Å². The van der Waals surface area contributed by atoms with E-state index in [-0.39, 0.29) is 11.7 Å². The number of hydrogen-bond donors (Lipinski definition) is 1. The molecule has 0 bridgehead atoms. The molecule has 0 spiro atoms. The number of nitrogens with zero attached hydrogens (tertiary/aromatic N) is 2. The standard InChI is InChI=1S/C18H19BrN2O2S/c19-16-3-1-2-4-17(16)24-13-18(23)21-11-9-20(10-12-21)14-5-7-15(22)8-6-14/h1-8,22H,9-13H2. The maximum absolute atomic E-state index is 12.4. The lowest BCUT2D eigenvalue weighted by atomic mass is 10.2. The predicted molar refractivity (Wildman–Crippen MR) is 102 cm³/mol. The second-order valence-electron chi connectivity index (χ2n) is 5.60. The lowest BCUT2D eigenvalue weighted by Crippen LogP contribution is -2.49. The number of amides is 1. The van der Waals surface area contributed by atoms with Crippen molar-refractivity contribution in [1.82, 2.24) is 4.90 Å². The maximum Gasteiger partial charge on any atom is 0.233 e. The molecule has 1 amide bonds. The molecule has 126 valence electrons. The van der Waals surface area contributed by atoms with Gasteiger partial charge in [-0.15, -0.1) is 11.8 Å². The number of rotatable bonds is 4. The van der Waals surface area contributed by atoms with Crippen molar-refractivity contribution in [1.29, 1.82) is 0 Å². The quantitative estimate of drug-likeness (QED) is 0.787. The lowest BCUT2D eigenvalue weighted by Gasteiger charge is -2.36. The van der Waals surface area contributed by atoms with E-state index in [9.17, 15) is 9.90 Å². The summed E-state index contributed by atoms with van der Waals surface area (Å²) in [5.41, 5.74) is 1.09. The molecule has 4 nitrogen and oxygen atoms in total. The minimum absolute atomic E-state index is 0.182. The number of phenols is 1. The Bertz CT molecular complexity index is 700. The number of piperazine rings is 1. The van der Waals surface area contributed by atoms with E-state index in [1.165, 1.54) is 0 Å². The van der Waals surface area contributed by atoms with Gasteiger partial charge in [-0.1, -0.05) is 12.1 Å². The fourth-order valence-electron chi connectivity index (χ4n) is 2.67. The predicted octanol–water partition coefficient (Wildman–Crippen LogP) is 3.60. The van der Waals surface area contributed by atoms with Crippen molar-refractivity contribution in [3.8, 4) is 5.75 Å². The maximum atomic E-state index is 12.4. The van der Waals surface area contributed by atoms with Gasteiger partial charge >= 0.3 is 0 Å². The Morgan fingerprint density at radius 3 is 2.38 bits per heavy atom. The summed E-state index contributed by atoms with van der Waals surface area (Å²) >= 11 is 5.08. The van der Waals surface area contributed by atoms with Gasteiger partial charge < -0.3 is 14.9 Å². The molecule has 0 atom stereocenters. The van der Waals surface area contributed by atoms with Crippen LogP contribution < -0.4 is 4.90 Å². The van der Waals surface area contributed by atoms with Crippen LogP contribution in [0.15, 0.2) is 57.9 Å². The van der Waals surface area contributed by atoms with Crippen LogP contribution in [0.3, 0.4) is 0 Å². The van der Waals surface area contributed by atoms with E-state index in [0.717, 1.165) is 41.2 Å². The zero-order valence-electron chi connectivity index (χ0n) is 13.2. The number of hydrogen-bond acceptors (Lipinski definition) is 4. The number of aromatic hydroxyl groups is 1. The Kier molecular flexibility index (Phi) is 5.68. The van der Waals surface area contributed by atoms with Crippen LogP contribution in [0, 0.1) is 0 Å². The van der Waals surface area contributed by atoms with Gasteiger partial charge in [-0.05, 0) is 52.3 Å². The SMILES string of the molecule is O=C(CSc1ccccc1Br)N1CCN(c2ccc(O)cc2)CC1. The summed E-state index contributed by atoms with van der Waals surface area (Å²) in [6.07, 6.45) is 0. The number of thioether (sulfide) groups is 1. The van der Waals surface area contributed by atoms with Gasteiger partial charge in [0.1, 0.15) is 5.75 Å². The molecule has 2 aromatic carbocycles. The number of halogens is 1. The molecule has 6 heteroatoms. The van der Waals surface area contributed by atoms with Gasteiger partial charge in [0.25, 0.3) is 0 Å². The molecule has 3 rings (SSSR count). The molecule has 1 aliphatic heterocycles. The zero-order valence-corrected chi connectivity index (χ0v) is 15.6. The molecular weight excluding hydrogens is 388 g/mol. The van der Waals surface area contributed by atoms with Gasteiger partial charge in [-0.25, -0.2) is 0 Å². The minimum Gasteiger partial charge on any atom is -0.508 e. The summed E-state index contributed by atoms with van der Waals surface area (Å²) in [6, 6.07) is 15.2. The van der Waals surface area contributed by atoms with Crippen LogP contribution in [-0.4, -0.2) is 47.8 Å². The van der Waals surface area contributed by atoms with E-state index >= 15 is 0 Å². The molecule has 0 saturated carbocycles. The summed E-state index contributed by atoms with van der Waals surface area (Å²) < 4.78 is 1.03. The van der Waals surface area contributed by atoms with Crippen molar-refractivity contribution < 1.29 is 9.90 Å². The highest BCUT2D eigenvalue weighted by atomic mass is 79.9. The first-order valence-corrected chi connectivity index (χ1v) is 9.60. The average molecular weight is 407 g/mol. The third-order valence-electron chi connectivity index (χ3n) is 4.04. The summed E-state index contributed by atoms with van der Waals surface area (Å²) in [7, 11) is 0. The third kappa shape index (κ3) is 4.24. The van der Waals surface area contributed by atoms with Crippen LogP contribution in [0.5, 0.6) is 5.75 Å². The second kappa shape index (κ2) is 7.94. The number of anilines is 1. The topological polar surface area (TPSA) is 43.8 Å². The summed E-state index contributed by atoms with van der Waals surface area (Å²) in [6.45, 7) is 3.10. The van der Waals surface area contributed by atoms with Crippen molar-refractivity contribution in [2.45, 2.75) is 4.90 Å². The first kappa shape index (κ1) is 17.2. The molecule has 0 radical (unpaired) electrons. The first-order chi connectivity index (χ1) is 11.6. The fraction of sp³-hybridized carbons (Fsp3) is 0.278. The third-order valence-corrected chi connectivity index (χ3v) is 6.05. The largest absolute Gasteiger partial charge is 0.508 e. The number of carbonyl (C=O) groups excluding carboxylic acids is 1. The summed E-state index contributed by atoms with van der Waals surface area (Å²) in [5.74, 6) is 0.916. The lowest BCUT2D eigenvalue weighted by molar-refractivity contribution is -0.128. The van der Waals surface area contributed by atoms with Crippen LogP contribution in [0.25, 0.3) is 0 Å². The average Bonchev–Trinajstić information content (AvgIpc) is 2.62. The van der Waals surface area contributed by atoms with E-state index in [0.29, 0.717) is 5.75 Å². The molecule has 2 aromatic rings. The van der Waals surface area contributed by atoms with Gasteiger partial charge in [0.15, 0.2) is 0 Å². The Hall–Kier alpha value is -1.66. The Morgan fingerprint density at radius 1 is 1.04 bits per heavy atom. The Morgan fingerprint density at radius 2 is 1.71 bits per heavy atom. The van der Waals surface area contributed by atoms with Crippen LogP contribution >= 0.6 is 27.7 Å². The highest BCUT2D eigenvalue weighted by molar-refractivity contribution is 9.10. The van der Waals surface area contributed by atoms with Gasteiger partial charge in [0, 0.05) is 41.2 Å². The zero-order chi connectivity index (χ0) is 16.9. The molecule has 1 saturated heterocycles. The van der Waals surface area contributed by atoms with Crippen molar-refractivity contribution >= 4 is 39.3 Å². The molecular formula is C18H19BrN2O2S.